The molecule has 0 aliphatic carbocycles. The third-order valence-electron chi connectivity index (χ3n) is 4.27. The van der Waals surface area contributed by atoms with Crippen LogP contribution in [0.25, 0.3) is 11.0 Å². The van der Waals surface area contributed by atoms with E-state index in [-0.39, 0.29) is 25.3 Å². The van der Waals surface area contributed by atoms with Crippen LogP contribution >= 0.6 is 15.9 Å². The number of piperidine rings is 1. The zero-order valence-corrected chi connectivity index (χ0v) is 17.3. The summed E-state index contributed by atoms with van der Waals surface area (Å²) in [5.74, 6) is 0.284. The third-order valence-corrected chi connectivity index (χ3v) is 4.77. The highest BCUT2D eigenvalue weighted by atomic mass is 79.9. The summed E-state index contributed by atoms with van der Waals surface area (Å²) in [6, 6.07) is 5.56. The predicted octanol–water partition coefficient (Wildman–Crippen LogP) is 4.51. The van der Waals surface area contributed by atoms with Crippen molar-refractivity contribution in [2.75, 3.05) is 19.7 Å². The lowest BCUT2D eigenvalue weighted by molar-refractivity contribution is -0.00969. The lowest BCUT2D eigenvalue weighted by atomic mass is 9.94. The molecule has 1 aromatic carbocycles. The third kappa shape index (κ3) is 5.28. The minimum atomic E-state index is -1.51. The van der Waals surface area contributed by atoms with E-state index in [1.165, 1.54) is 11.1 Å². The Morgan fingerprint density at radius 3 is 2.67 bits per heavy atom. The van der Waals surface area contributed by atoms with Crippen molar-refractivity contribution in [1.82, 2.24) is 14.9 Å². The fourth-order valence-corrected chi connectivity index (χ4v) is 3.15. The number of hydrogen-bond donors (Lipinski definition) is 0. The SMILES string of the molecule is CC(C)(C)OC(=O)N1CCC(F)(COc2cnc3ccc(Br)cc3n2)CC1. The summed E-state index contributed by atoms with van der Waals surface area (Å²) in [4.78, 5) is 22.3. The molecule has 1 fully saturated rings. The van der Waals surface area contributed by atoms with Gasteiger partial charge in [0.25, 0.3) is 0 Å². The number of nitrogens with zero attached hydrogens (tertiary/aromatic N) is 3. The van der Waals surface area contributed by atoms with Crippen LogP contribution < -0.4 is 4.74 Å². The van der Waals surface area contributed by atoms with Gasteiger partial charge in [-0.15, -0.1) is 0 Å². The second kappa shape index (κ2) is 7.58. The van der Waals surface area contributed by atoms with Crippen molar-refractivity contribution < 1.29 is 18.7 Å². The topological polar surface area (TPSA) is 64.5 Å². The van der Waals surface area contributed by atoms with E-state index >= 15 is 4.39 Å². The molecule has 0 saturated carbocycles. The van der Waals surface area contributed by atoms with E-state index in [0.717, 1.165) is 9.99 Å². The van der Waals surface area contributed by atoms with Gasteiger partial charge in [-0.3, -0.25) is 0 Å². The van der Waals surface area contributed by atoms with Crippen molar-refractivity contribution >= 4 is 33.1 Å². The molecular formula is C19H23BrFN3O3. The van der Waals surface area contributed by atoms with Crippen molar-refractivity contribution in [3.8, 4) is 5.88 Å². The highest BCUT2D eigenvalue weighted by Gasteiger charge is 2.38. The van der Waals surface area contributed by atoms with Gasteiger partial charge in [-0.25, -0.2) is 19.2 Å². The quantitative estimate of drug-likeness (QED) is 0.703. The van der Waals surface area contributed by atoms with Gasteiger partial charge in [0.05, 0.1) is 17.2 Å². The molecule has 0 unspecified atom stereocenters. The van der Waals surface area contributed by atoms with Crippen LogP contribution in [0.5, 0.6) is 5.88 Å². The first-order chi connectivity index (χ1) is 12.6. The zero-order chi connectivity index (χ0) is 19.7. The number of carbonyl (C=O) groups is 1. The molecule has 1 saturated heterocycles. The lowest BCUT2D eigenvalue weighted by Gasteiger charge is -2.36. The van der Waals surface area contributed by atoms with Crippen LogP contribution in [-0.4, -0.2) is 51.9 Å². The largest absolute Gasteiger partial charge is 0.473 e. The summed E-state index contributed by atoms with van der Waals surface area (Å²) in [5.41, 5.74) is -0.652. The Morgan fingerprint density at radius 1 is 1.30 bits per heavy atom. The van der Waals surface area contributed by atoms with Crippen molar-refractivity contribution in [1.29, 1.82) is 0 Å². The number of likely N-dealkylation sites (tertiary alicyclic amines) is 1. The van der Waals surface area contributed by atoms with Crippen LogP contribution in [0.2, 0.25) is 0 Å². The number of halogens is 2. The van der Waals surface area contributed by atoms with Gasteiger partial charge in [-0.05, 0) is 39.0 Å². The molecule has 1 aromatic heterocycles. The van der Waals surface area contributed by atoms with Gasteiger partial charge < -0.3 is 14.4 Å². The summed E-state index contributed by atoms with van der Waals surface area (Å²) in [7, 11) is 0. The number of alkyl halides is 1. The van der Waals surface area contributed by atoms with Crippen LogP contribution in [-0.2, 0) is 4.74 Å². The van der Waals surface area contributed by atoms with Crippen molar-refractivity contribution in [3.63, 3.8) is 0 Å². The minimum Gasteiger partial charge on any atom is -0.473 e. The predicted molar refractivity (Wildman–Crippen MR) is 104 cm³/mol. The molecule has 6 nitrogen and oxygen atoms in total. The molecule has 3 rings (SSSR count). The van der Waals surface area contributed by atoms with Crippen LogP contribution in [0.1, 0.15) is 33.6 Å². The standard InChI is InChI=1S/C19H23BrFN3O3/c1-18(2,3)27-17(25)24-8-6-19(21,7-9-24)12-26-16-11-22-14-5-4-13(20)10-15(14)23-16/h4-5,10-11H,6-9,12H2,1-3H3. The van der Waals surface area contributed by atoms with Crippen molar-refractivity contribution in [2.45, 2.75) is 44.9 Å². The Balaban J connectivity index is 1.56. The first-order valence-corrected chi connectivity index (χ1v) is 9.65. The number of ether oxygens (including phenoxy) is 2. The molecule has 0 radical (unpaired) electrons. The maximum atomic E-state index is 15.1. The van der Waals surface area contributed by atoms with E-state index in [1.807, 2.05) is 39.0 Å². The first-order valence-electron chi connectivity index (χ1n) is 8.86. The average Bonchev–Trinajstić information content (AvgIpc) is 2.59. The lowest BCUT2D eigenvalue weighted by Crippen LogP contribution is -2.48. The molecule has 8 heteroatoms. The highest BCUT2D eigenvalue weighted by Crippen LogP contribution is 2.28. The first kappa shape index (κ1) is 19.8. The van der Waals surface area contributed by atoms with Gasteiger partial charge in [-0.1, -0.05) is 15.9 Å². The molecule has 0 bridgehead atoms. The number of rotatable bonds is 3. The molecule has 0 N–H and O–H groups in total. The molecule has 146 valence electrons. The molecule has 0 spiro atoms. The normalized spacial score (nSPS) is 17.0. The molecule has 2 aromatic rings. The number of aromatic nitrogens is 2. The fourth-order valence-electron chi connectivity index (χ4n) is 2.80. The summed E-state index contributed by atoms with van der Waals surface area (Å²) >= 11 is 3.39. The number of hydrogen-bond acceptors (Lipinski definition) is 5. The zero-order valence-electron chi connectivity index (χ0n) is 15.7. The number of amides is 1. The highest BCUT2D eigenvalue weighted by molar-refractivity contribution is 9.10. The summed E-state index contributed by atoms with van der Waals surface area (Å²) in [5, 5.41) is 0. The van der Waals surface area contributed by atoms with E-state index in [1.54, 1.807) is 0 Å². The molecule has 1 aliphatic heterocycles. The number of fused-ring (bicyclic) bond motifs is 1. The van der Waals surface area contributed by atoms with Crippen molar-refractivity contribution in [3.05, 3.63) is 28.9 Å². The van der Waals surface area contributed by atoms with Crippen LogP contribution in [0.15, 0.2) is 28.9 Å². The van der Waals surface area contributed by atoms with E-state index < -0.39 is 17.4 Å². The van der Waals surface area contributed by atoms with Gasteiger partial charge in [0.1, 0.15) is 17.9 Å². The maximum absolute atomic E-state index is 15.1. The Bertz CT molecular complexity index is 833. The Kier molecular flexibility index (Phi) is 5.55. The van der Waals surface area contributed by atoms with Gasteiger partial charge in [0, 0.05) is 30.4 Å². The van der Waals surface area contributed by atoms with Crippen LogP contribution in [0, 0.1) is 0 Å². The van der Waals surface area contributed by atoms with Crippen LogP contribution in [0.3, 0.4) is 0 Å². The summed E-state index contributed by atoms with van der Waals surface area (Å²) < 4.78 is 26.8. The van der Waals surface area contributed by atoms with Gasteiger partial charge in [0.15, 0.2) is 0 Å². The van der Waals surface area contributed by atoms with E-state index in [9.17, 15) is 4.79 Å². The molecule has 27 heavy (non-hydrogen) atoms. The number of carbonyl (C=O) groups excluding carboxylic acids is 1. The molecular weight excluding hydrogens is 417 g/mol. The smallest absolute Gasteiger partial charge is 0.410 e. The van der Waals surface area contributed by atoms with E-state index in [0.29, 0.717) is 18.6 Å². The van der Waals surface area contributed by atoms with Gasteiger partial charge in [0.2, 0.25) is 5.88 Å². The number of benzene rings is 1. The molecule has 2 heterocycles. The molecule has 1 amide bonds. The Hall–Kier alpha value is -1.96. The monoisotopic (exact) mass is 439 g/mol. The summed E-state index contributed by atoms with van der Waals surface area (Å²) in [6.07, 6.45) is 1.48. The summed E-state index contributed by atoms with van der Waals surface area (Å²) in [6.45, 7) is 5.90. The Labute approximate surface area is 166 Å². The maximum Gasteiger partial charge on any atom is 0.410 e. The van der Waals surface area contributed by atoms with Gasteiger partial charge in [-0.2, -0.15) is 0 Å². The second-order valence-corrected chi connectivity index (χ2v) is 8.66. The van der Waals surface area contributed by atoms with E-state index in [2.05, 4.69) is 25.9 Å². The molecule has 1 aliphatic rings. The minimum absolute atomic E-state index is 0.122. The fraction of sp³-hybridized carbons (Fsp3) is 0.526. The van der Waals surface area contributed by atoms with Crippen molar-refractivity contribution in [2.24, 2.45) is 0 Å². The Morgan fingerprint density at radius 2 is 2.00 bits per heavy atom. The molecule has 0 atom stereocenters. The van der Waals surface area contributed by atoms with Gasteiger partial charge >= 0.3 is 6.09 Å². The van der Waals surface area contributed by atoms with Crippen LogP contribution in [0.4, 0.5) is 9.18 Å². The van der Waals surface area contributed by atoms with E-state index in [4.69, 9.17) is 9.47 Å². The average molecular weight is 440 g/mol. The second-order valence-electron chi connectivity index (χ2n) is 7.75.